The number of nitrogen functional groups attached to an aromatic ring is 1. The fourth-order valence-corrected chi connectivity index (χ4v) is 1.94. The monoisotopic (exact) mass is 259 g/mol. The predicted molar refractivity (Wildman–Crippen MR) is 75.7 cm³/mol. The number of ether oxygens (including phenoxy) is 1. The number of benzene rings is 2. The Kier molecular flexibility index (Phi) is 4.05. The number of rotatable bonds is 4. The topological polar surface area (TPSA) is 35.2 Å². The molecule has 0 aliphatic carbocycles. The van der Waals surface area contributed by atoms with E-state index in [1.54, 1.807) is 6.07 Å². The molecule has 0 aliphatic rings. The standard InChI is InChI=1S/C16H18FNO/c1-11(2)14-5-3-4-6-16(14)19-10-12-9-13(17)7-8-15(12)18/h3-9,11H,10,18H2,1-2H3. The SMILES string of the molecule is CC(C)c1ccccc1OCc1cc(F)ccc1N. The fraction of sp³-hybridized carbons (Fsp3) is 0.250. The highest BCUT2D eigenvalue weighted by atomic mass is 19.1. The van der Waals surface area contributed by atoms with Gasteiger partial charge in [-0.3, -0.25) is 0 Å². The Balaban J connectivity index is 2.17. The quantitative estimate of drug-likeness (QED) is 0.839. The van der Waals surface area contributed by atoms with Crippen molar-refractivity contribution in [2.45, 2.75) is 26.4 Å². The Bertz CT molecular complexity index is 566. The minimum absolute atomic E-state index is 0.271. The molecule has 0 heterocycles. The van der Waals surface area contributed by atoms with Crippen LogP contribution in [0.3, 0.4) is 0 Å². The molecule has 0 spiro atoms. The summed E-state index contributed by atoms with van der Waals surface area (Å²) in [6, 6.07) is 12.2. The van der Waals surface area contributed by atoms with Crippen molar-refractivity contribution in [3.63, 3.8) is 0 Å². The molecule has 2 aromatic carbocycles. The van der Waals surface area contributed by atoms with E-state index in [1.165, 1.54) is 12.1 Å². The summed E-state index contributed by atoms with van der Waals surface area (Å²) < 4.78 is 18.9. The molecule has 0 atom stereocenters. The molecular weight excluding hydrogens is 241 g/mol. The van der Waals surface area contributed by atoms with E-state index < -0.39 is 0 Å². The Labute approximate surface area is 113 Å². The van der Waals surface area contributed by atoms with Crippen LogP contribution in [0.1, 0.15) is 30.9 Å². The van der Waals surface area contributed by atoms with Crippen LogP contribution in [0, 0.1) is 5.82 Å². The van der Waals surface area contributed by atoms with E-state index in [9.17, 15) is 4.39 Å². The van der Waals surface area contributed by atoms with Gasteiger partial charge in [0.1, 0.15) is 18.2 Å². The van der Waals surface area contributed by atoms with Gasteiger partial charge in [-0.2, -0.15) is 0 Å². The molecule has 2 N–H and O–H groups in total. The first-order valence-corrected chi connectivity index (χ1v) is 6.33. The van der Waals surface area contributed by atoms with Crippen molar-refractivity contribution in [1.29, 1.82) is 0 Å². The van der Waals surface area contributed by atoms with Crippen LogP contribution in [0.5, 0.6) is 5.75 Å². The molecule has 19 heavy (non-hydrogen) atoms. The summed E-state index contributed by atoms with van der Waals surface area (Å²) in [5, 5.41) is 0. The summed E-state index contributed by atoms with van der Waals surface area (Å²) in [4.78, 5) is 0. The predicted octanol–water partition coefficient (Wildman–Crippen LogP) is 4.11. The van der Waals surface area contributed by atoms with Crippen LogP contribution in [0.2, 0.25) is 0 Å². The van der Waals surface area contributed by atoms with Gasteiger partial charge in [-0.05, 0) is 35.7 Å². The van der Waals surface area contributed by atoms with Gasteiger partial charge >= 0.3 is 0 Å². The van der Waals surface area contributed by atoms with Crippen molar-refractivity contribution >= 4 is 5.69 Å². The van der Waals surface area contributed by atoms with Gasteiger partial charge < -0.3 is 10.5 Å². The number of hydrogen-bond acceptors (Lipinski definition) is 2. The van der Waals surface area contributed by atoms with Gasteiger partial charge in [0.2, 0.25) is 0 Å². The van der Waals surface area contributed by atoms with E-state index in [4.69, 9.17) is 10.5 Å². The summed E-state index contributed by atoms with van der Waals surface area (Å²) in [5.74, 6) is 0.896. The zero-order chi connectivity index (χ0) is 13.8. The average molecular weight is 259 g/mol. The van der Waals surface area contributed by atoms with Crippen molar-refractivity contribution < 1.29 is 9.13 Å². The third-order valence-corrected chi connectivity index (χ3v) is 3.03. The second kappa shape index (κ2) is 5.74. The zero-order valence-corrected chi connectivity index (χ0v) is 11.2. The maximum Gasteiger partial charge on any atom is 0.123 e. The van der Waals surface area contributed by atoms with Gasteiger partial charge in [0.25, 0.3) is 0 Å². The van der Waals surface area contributed by atoms with Crippen LogP contribution in [0.25, 0.3) is 0 Å². The number of nitrogens with two attached hydrogens (primary N) is 1. The molecule has 2 nitrogen and oxygen atoms in total. The van der Waals surface area contributed by atoms with Crippen molar-refractivity contribution in [1.82, 2.24) is 0 Å². The van der Waals surface area contributed by atoms with Crippen LogP contribution >= 0.6 is 0 Å². The Morgan fingerprint density at radius 2 is 1.89 bits per heavy atom. The number of para-hydroxylation sites is 1. The summed E-state index contributed by atoms with van der Waals surface area (Å²) in [6.45, 7) is 4.49. The van der Waals surface area contributed by atoms with Gasteiger partial charge in [0, 0.05) is 11.3 Å². The molecule has 0 bridgehead atoms. The fourth-order valence-electron chi connectivity index (χ4n) is 1.94. The maximum absolute atomic E-state index is 13.2. The molecular formula is C16H18FNO. The van der Waals surface area contributed by atoms with Crippen LogP contribution in [0.15, 0.2) is 42.5 Å². The highest BCUT2D eigenvalue weighted by Crippen LogP contribution is 2.27. The third kappa shape index (κ3) is 3.25. The minimum Gasteiger partial charge on any atom is -0.489 e. The summed E-state index contributed by atoms with van der Waals surface area (Å²) in [5.41, 5.74) is 8.15. The first-order valence-electron chi connectivity index (χ1n) is 6.33. The van der Waals surface area contributed by atoms with Crippen molar-refractivity contribution in [2.75, 3.05) is 5.73 Å². The highest BCUT2D eigenvalue weighted by Gasteiger charge is 2.08. The maximum atomic E-state index is 13.2. The highest BCUT2D eigenvalue weighted by molar-refractivity contribution is 5.46. The smallest absolute Gasteiger partial charge is 0.123 e. The molecule has 2 aromatic rings. The van der Waals surface area contributed by atoms with E-state index in [2.05, 4.69) is 13.8 Å². The molecule has 0 unspecified atom stereocenters. The van der Waals surface area contributed by atoms with Crippen LogP contribution in [-0.4, -0.2) is 0 Å². The first kappa shape index (κ1) is 13.4. The molecule has 0 radical (unpaired) electrons. The molecule has 0 saturated heterocycles. The van der Waals surface area contributed by atoms with E-state index in [-0.39, 0.29) is 12.4 Å². The normalized spacial score (nSPS) is 10.7. The summed E-state index contributed by atoms with van der Waals surface area (Å²) in [6.07, 6.45) is 0. The van der Waals surface area contributed by atoms with Gasteiger partial charge in [-0.15, -0.1) is 0 Å². The van der Waals surface area contributed by atoms with Crippen molar-refractivity contribution in [3.05, 3.63) is 59.4 Å². The lowest BCUT2D eigenvalue weighted by atomic mass is 10.0. The van der Waals surface area contributed by atoms with Gasteiger partial charge in [0.15, 0.2) is 0 Å². The van der Waals surface area contributed by atoms with E-state index >= 15 is 0 Å². The summed E-state index contributed by atoms with van der Waals surface area (Å²) in [7, 11) is 0. The molecule has 100 valence electrons. The zero-order valence-electron chi connectivity index (χ0n) is 11.2. The lowest BCUT2D eigenvalue weighted by molar-refractivity contribution is 0.302. The lowest BCUT2D eigenvalue weighted by Crippen LogP contribution is -2.03. The Hall–Kier alpha value is -2.03. The molecule has 0 fully saturated rings. The van der Waals surface area contributed by atoms with Gasteiger partial charge in [0.05, 0.1) is 0 Å². The lowest BCUT2D eigenvalue weighted by Gasteiger charge is -2.14. The molecule has 0 aromatic heterocycles. The van der Waals surface area contributed by atoms with Crippen molar-refractivity contribution in [3.8, 4) is 5.75 Å². The van der Waals surface area contributed by atoms with Gasteiger partial charge in [-0.25, -0.2) is 4.39 Å². The molecule has 0 aliphatic heterocycles. The Morgan fingerprint density at radius 1 is 1.16 bits per heavy atom. The van der Waals surface area contributed by atoms with Crippen molar-refractivity contribution in [2.24, 2.45) is 0 Å². The second-order valence-corrected chi connectivity index (χ2v) is 4.82. The average Bonchev–Trinajstić information content (AvgIpc) is 2.40. The summed E-state index contributed by atoms with van der Waals surface area (Å²) >= 11 is 0. The molecule has 2 rings (SSSR count). The van der Waals surface area contributed by atoms with Crippen LogP contribution in [0.4, 0.5) is 10.1 Å². The Morgan fingerprint density at radius 3 is 2.63 bits per heavy atom. The molecule has 0 saturated carbocycles. The van der Waals surface area contributed by atoms with Crippen LogP contribution < -0.4 is 10.5 Å². The van der Waals surface area contributed by atoms with E-state index in [0.717, 1.165) is 11.3 Å². The number of halogens is 1. The first-order chi connectivity index (χ1) is 9.08. The number of hydrogen-bond donors (Lipinski definition) is 1. The van der Waals surface area contributed by atoms with E-state index in [1.807, 2.05) is 24.3 Å². The van der Waals surface area contributed by atoms with Gasteiger partial charge in [-0.1, -0.05) is 32.0 Å². The minimum atomic E-state index is -0.301. The number of anilines is 1. The third-order valence-electron chi connectivity index (χ3n) is 3.03. The molecule has 3 heteroatoms. The largest absolute Gasteiger partial charge is 0.489 e. The second-order valence-electron chi connectivity index (χ2n) is 4.82. The molecule has 0 amide bonds. The van der Waals surface area contributed by atoms with E-state index in [0.29, 0.717) is 17.2 Å². The van der Waals surface area contributed by atoms with Crippen LogP contribution in [-0.2, 0) is 6.61 Å².